The van der Waals surface area contributed by atoms with Gasteiger partial charge in [0.2, 0.25) is 0 Å². The zero-order chi connectivity index (χ0) is 20.3. The Balaban J connectivity index is 1.71. The monoisotopic (exact) mass is 432 g/mol. The molecular formula is C20H17ClN2O3S2. The maximum absolute atomic E-state index is 12.7. The third kappa shape index (κ3) is 4.55. The van der Waals surface area contributed by atoms with Crippen molar-refractivity contribution in [1.29, 1.82) is 0 Å². The van der Waals surface area contributed by atoms with Crippen molar-refractivity contribution in [2.45, 2.75) is 6.92 Å². The van der Waals surface area contributed by atoms with E-state index >= 15 is 0 Å². The summed E-state index contributed by atoms with van der Waals surface area (Å²) in [6.07, 6.45) is 1.75. The molecule has 0 aromatic heterocycles. The predicted octanol–water partition coefficient (Wildman–Crippen LogP) is 4.71. The minimum Gasteiger partial charge on any atom is -0.465 e. The van der Waals surface area contributed by atoms with Crippen molar-refractivity contribution in [2.24, 2.45) is 0 Å². The smallest absolute Gasteiger partial charge is 0.337 e. The van der Waals surface area contributed by atoms with Crippen LogP contribution in [0.2, 0.25) is 5.02 Å². The molecule has 2 aromatic rings. The Morgan fingerprint density at radius 2 is 2.00 bits per heavy atom. The number of anilines is 1. The average Bonchev–Trinajstić information content (AvgIpc) is 2.95. The SMILES string of the molecule is COC(=O)c1ccc(/C=C2\SC(=S)N(CNc3cc(Cl)ccc3C)C2=O)cc1. The second-order valence-electron chi connectivity index (χ2n) is 6.02. The minimum atomic E-state index is -0.403. The first kappa shape index (κ1) is 20.4. The number of esters is 1. The van der Waals surface area contributed by atoms with Crippen molar-refractivity contribution in [2.75, 3.05) is 19.1 Å². The molecular weight excluding hydrogens is 416 g/mol. The molecule has 1 saturated heterocycles. The summed E-state index contributed by atoms with van der Waals surface area (Å²) in [6, 6.07) is 12.4. The normalized spacial score (nSPS) is 15.2. The number of hydrogen-bond acceptors (Lipinski definition) is 6. The van der Waals surface area contributed by atoms with Gasteiger partial charge in [-0.15, -0.1) is 0 Å². The van der Waals surface area contributed by atoms with Crippen LogP contribution in [0.3, 0.4) is 0 Å². The number of carbonyl (C=O) groups is 2. The molecule has 3 rings (SSSR count). The molecule has 8 heteroatoms. The van der Waals surface area contributed by atoms with Crippen LogP contribution in [0.5, 0.6) is 0 Å². The lowest BCUT2D eigenvalue weighted by Crippen LogP contribution is -2.33. The molecule has 0 atom stereocenters. The van der Waals surface area contributed by atoms with Crippen LogP contribution in [-0.4, -0.2) is 34.9 Å². The molecule has 0 spiro atoms. The van der Waals surface area contributed by atoms with E-state index in [1.807, 2.05) is 25.1 Å². The molecule has 144 valence electrons. The lowest BCUT2D eigenvalue weighted by atomic mass is 10.1. The molecule has 0 bridgehead atoms. The van der Waals surface area contributed by atoms with Crippen LogP contribution >= 0.6 is 35.6 Å². The van der Waals surface area contributed by atoms with Gasteiger partial charge in [-0.25, -0.2) is 4.79 Å². The van der Waals surface area contributed by atoms with Gasteiger partial charge in [0.15, 0.2) is 0 Å². The summed E-state index contributed by atoms with van der Waals surface area (Å²) < 4.78 is 5.16. The summed E-state index contributed by atoms with van der Waals surface area (Å²) >= 11 is 12.6. The van der Waals surface area contributed by atoms with Crippen molar-refractivity contribution in [3.05, 3.63) is 69.1 Å². The fourth-order valence-electron chi connectivity index (χ4n) is 2.57. The van der Waals surface area contributed by atoms with Crippen LogP contribution < -0.4 is 5.32 Å². The van der Waals surface area contributed by atoms with Gasteiger partial charge >= 0.3 is 5.97 Å². The molecule has 0 aliphatic carbocycles. The number of ether oxygens (including phenoxy) is 1. The molecule has 1 amide bonds. The number of halogens is 1. The summed E-state index contributed by atoms with van der Waals surface area (Å²) in [5.74, 6) is -0.570. The number of methoxy groups -OCH3 is 1. The van der Waals surface area contributed by atoms with Crippen LogP contribution in [0.1, 0.15) is 21.5 Å². The van der Waals surface area contributed by atoms with Gasteiger partial charge in [-0.3, -0.25) is 9.69 Å². The molecule has 1 heterocycles. The number of thiocarbonyl (C=S) groups is 1. The van der Waals surface area contributed by atoms with Gasteiger partial charge in [0.05, 0.1) is 24.2 Å². The van der Waals surface area contributed by atoms with Crippen molar-refractivity contribution < 1.29 is 14.3 Å². The first-order chi connectivity index (χ1) is 13.4. The Bertz CT molecular complexity index is 974. The molecule has 5 nitrogen and oxygen atoms in total. The van der Waals surface area contributed by atoms with Gasteiger partial charge in [0, 0.05) is 10.7 Å². The molecule has 1 aliphatic heterocycles. The Morgan fingerprint density at radius 1 is 1.29 bits per heavy atom. The first-order valence-electron chi connectivity index (χ1n) is 8.33. The van der Waals surface area contributed by atoms with Crippen molar-refractivity contribution in [1.82, 2.24) is 4.90 Å². The van der Waals surface area contributed by atoms with Crippen LogP contribution in [0.15, 0.2) is 47.4 Å². The zero-order valence-corrected chi connectivity index (χ0v) is 17.6. The van der Waals surface area contributed by atoms with E-state index in [0.717, 1.165) is 16.8 Å². The Labute approximate surface area is 177 Å². The van der Waals surface area contributed by atoms with Gasteiger partial charge in [0.25, 0.3) is 5.91 Å². The maximum atomic E-state index is 12.7. The third-order valence-electron chi connectivity index (χ3n) is 4.13. The highest BCUT2D eigenvalue weighted by Gasteiger charge is 2.31. The first-order valence-corrected chi connectivity index (χ1v) is 9.93. The van der Waals surface area contributed by atoms with Crippen LogP contribution in [-0.2, 0) is 9.53 Å². The molecule has 0 unspecified atom stereocenters. The fraction of sp³-hybridized carbons (Fsp3) is 0.150. The predicted molar refractivity (Wildman–Crippen MR) is 117 cm³/mol. The van der Waals surface area contributed by atoms with Gasteiger partial charge in [-0.05, 0) is 48.4 Å². The van der Waals surface area contributed by atoms with E-state index in [0.29, 0.717) is 19.8 Å². The van der Waals surface area contributed by atoms with Crippen LogP contribution in [0, 0.1) is 6.92 Å². The van der Waals surface area contributed by atoms with Crippen molar-refractivity contribution >= 4 is 63.5 Å². The second kappa shape index (κ2) is 8.77. The lowest BCUT2D eigenvalue weighted by molar-refractivity contribution is -0.121. The molecule has 0 radical (unpaired) electrons. The van der Waals surface area contributed by atoms with E-state index in [1.165, 1.54) is 23.8 Å². The van der Waals surface area contributed by atoms with E-state index in [-0.39, 0.29) is 12.6 Å². The van der Waals surface area contributed by atoms with Crippen LogP contribution in [0.4, 0.5) is 5.69 Å². The van der Waals surface area contributed by atoms with Crippen molar-refractivity contribution in [3.63, 3.8) is 0 Å². The van der Waals surface area contributed by atoms with E-state index in [4.69, 9.17) is 23.8 Å². The number of nitrogens with zero attached hydrogens (tertiary/aromatic N) is 1. The second-order valence-corrected chi connectivity index (χ2v) is 8.13. The largest absolute Gasteiger partial charge is 0.465 e. The lowest BCUT2D eigenvalue weighted by Gasteiger charge is -2.17. The number of nitrogens with one attached hydrogen (secondary N) is 1. The number of benzene rings is 2. The molecule has 28 heavy (non-hydrogen) atoms. The van der Waals surface area contributed by atoms with Gasteiger partial charge in [-0.1, -0.05) is 53.8 Å². The number of hydrogen-bond donors (Lipinski definition) is 1. The standard InChI is InChI=1S/C20H17ClN2O3S2/c1-12-3-8-15(21)10-16(12)22-11-23-18(24)17(28-20(23)27)9-13-4-6-14(7-5-13)19(25)26-2/h3-10,22H,11H2,1-2H3/b17-9-. The van der Waals surface area contributed by atoms with E-state index in [2.05, 4.69) is 10.1 Å². The molecule has 1 fully saturated rings. The Kier molecular flexibility index (Phi) is 6.39. The molecule has 2 aromatic carbocycles. The molecule has 1 aliphatic rings. The summed E-state index contributed by atoms with van der Waals surface area (Å²) in [5.41, 5.74) is 3.13. The third-order valence-corrected chi connectivity index (χ3v) is 5.74. The number of rotatable bonds is 5. The van der Waals surface area contributed by atoms with Gasteiger partial charge in [0.1, 0.15) is 4.32 Å². The average molecular weight is 433 g/mol. The Morgan fingerprint density at radius 3 is 2.68 bits per heavy atom. The summed E-state index contributed by atoms with van der Waals surface area (Å²) in [7, 11) is 1.33. The van der Waals surface area contributed by atoms with Gasteiger partial charge < -0.3 is 10.1 Å². The minimum absolute atomic E-state index is 0.167. The summed E-state index contributed by atoms with van der Waals surface area (Å²) in [4.78, 5) is 26.3. The Hall–Kier alpha value is -2.35. The number of carbonyl (C=O) groups excluding carboxylic acids is 2. The highest BCUT2D eigenvalue weighted by molar-refractivity contribution is 8.26. The highest BCUT2D eigenvalue weighted by atomic mass is 35.5. The van der Waals surface area contributed by atoms with Crippen LogP contribution in [0.25, 0.3) is 6.08 Å². The summed E-state index contributed by atoms with van der Waals surface area (Å²) in [6.45, 7) is 2.21. The number of amides is 1. The zero-order valence-electron chi connectivity index (χ0n) is 15.2. The topological polar surface area (TPSA) is 58.6 Å². The quantitative estimate of drug-likeness (QED) is 0.419. The summed E-state index contributed by atoms with van der Waals surface area (Å²) in [5, 5.41) is 3.83. The van der Waals surface area contributed by atoms with Gasteiger partial charge in [-0.2, -0.15) is 0 Å². The highest BCUT2D eigenvalue weighted by Crippen LogP contribution is 2.32. The van der Waals surface area contributed by atoms with E-state index in [1.54, 1.807) is 30.3 Å². The van der Waals surface area contributed by atoms with E-state index in [9.17, 15) is 9.59 Å². The number of thioether (sulfide) groups is 1. The fourth-order valence-corrected chi connectivity index (χ4v) is 4.00. The van der Waals surface area contributed by atoms with Crippen molar-refractivity contribution in [3.8, 4) is 0 Å². The van der Waals surface area contributed by atoms with E-state index < -0.39 is 5.97 Å². The number of aryl methyl sites for hydroxylation is 1. The maximum Gasteiger partial charge on any atom is 0.337 e. The molecule has 0 saturated carbocycles. The molecule has 1 N–H and O–H groups in total.